The van der Waals surface area contributed by atoms with Crippen molar-refractivity contribution >= 4 is 16.9 Å². The molecule has 2 aromatic heterocycles. The maximum Gasteiger partial charge on any atom is 0.163 e. The van der Waals surface area contributed by atoms with Gasteiger partial charge in [0.1, 0.15) is 11.6 Å². The number of aryl methyl sites for hydroxylation is 1. The Bertz CT molecular complexity index is 665. The molecule has 1 fully saturated rings. The Morgan fingerprint density at radius 3 is 3.00 bits per heavy atom. The second-order valence-corrected chi connectivity index (χ2v) is 5.14. The average Bonchev–Trinajstić information content (AvgIpc) is 3.20. The maximum atomic E-state index is 8.74. The second-order valence-electron chi connectivity index (χ2n) is 5.14. The highest BCUT2D eigenvalue weighted by Gasteiger charge is 2.29. The third-order valence-corrected chi connectivity index (χ3v) is 3.59. The molecule has 0 aliphatic heterocycles. The summed E-state index contributed by atoms with van der Waals surface area (Å²) in [5.41, 5.74) is 6.72. The minimum Gasteiger partial charge on any atom is -0.383 e. The molecule has 7 nitrogen and oxygen atoms in total. The molecule has 1 aliphatic carbocycles. The van der Waals surface area contributed by atoms with Crippen LogP contribution in [0.25, 0.3) is 11.0 Å². The lowest BCUT2D eigenvalue weighted by Crippen LogP contribution is -2.27. The van der Waals surface area contributed by atoms with Gasteiger partial charge in [-0.05, 0) is 12.8 Å². The van der Waals surface area contributed by atoms with Gasteiger partial charge >= 0.3 is 0 Å². The molecular formula is C13H17N7. The number of hydrogen-bond donors (Lipinski definition) is 1. The van der Waals surface area contributed by atoms with Crippen LogP contribution in [0.4, 0.5) is 5.82 Å². The number of fused-ring (bicyclic) bond motifs is 1. The third-order valence-electron chi connectivity index (χ3n) is 3.59. The van der Waals surface area contributed by atoms with Crippen LogP contribution < -0.4 is 5.73 Å². The van der Waals surface area contributed by atoms with Gasteiger partial charge in [0.05, 0.1) is 24.2 Å². The monoisotopic (exact) mass is 271 g/mol. The molecule has 0 amide bonds. The number of anilines is 1. The highest BCUT2D eigenvalue weighted by Crippen LogP contribution is 2.28. The number of hydrogen-bond acceptors (Lipinski definition) is 6. The lowest BCUT2D eigenvalue weighted by atomic mass is 10.3. The fourth-order valence-corrected chi connectivity index (χ4v) is 2.37. The van der Waals surface area contributed by atoms with Crippen LogP contribution in [0.15, 0.2) is 6.20 Å². The molecule has 2 heterocycles. The van der Waals surface area contributed by atoms with Crippen LogP contribution in [0.1, 0.15) is 25.1 Å². The maximum absolute atomic E-state index is 8.74. The van der Waals surface area contributed by atoms with Gasteiger partial charge in [-0.15, -0.1) is 0 Å². The average molecular weight is 271 g/mol. The van der Waals surface area contributed by atoms with E-state index in [1.807, 2.05) is 7.05 Å². The fourth-order valence-electron chi connectivity index (χ4n) is 2.37. The van der Waals surface area contributed by atoms with Crippen molar-refractivity contribution in [1.29, 1.82) is 5.26 Å². The lowest BCUT2D eigenvalue weighted by Gasteiger charge is -2.19. The summed E-state index contributed by atoms with van der Waals surface area (Å²) in [5, 5.41) is 13.7. The molecule has 0 radical (unpaired) electrons. The minimum absolute atomic E-state index is 0.467. The van der Waals surface area contributed by atoms with Crippen LogP contribution in [0.2, 0.25) is 0 Å². The van der Waals surface area contributed by atoms with Crippen molar-refractivity contribution in [2.24, 2.45) is 7.05 Å². The van der Waals surface area contributed by atoms with Gasteiger partial charge in [0.15, 0.2) is 5.65 Å². The van der Waals surface area contributed by atoms with E-state index in [0.717, 1.165) is 17.6 Å². The first-order valence-corrected chi connectivity index (χ1v) is 6.74. The van der Waals surface area contributed by atoms with Crippen molar-refractivity contribution in [3.63, 3.8) is 0 Å². The highest BCUT2D eigenvalue weighted by molar-refractivity contribution is 5.84. The molecule has 7 heteroatoms. The van der Waals surface area contributed by atoms with E-state index in [-0.39, 0.29) is 0 Å². The molecular weight excluding hydrogens is 254 g/mol. The number of aromatic nitrogens is 4. The summed E-state index contributed by atoms with van der Waals surface area (Å²) in [4.78, 5) is 11.2. The number of nitrogen functional groups attached to an aromatic ring is 1. The van der Waals surface area contributed by atoms with Crippen molar-refractivity contribution in [3.8, 4) is 6.07 Å². The Labute approximate surface area is 117 Å². The molecule has 0 unspecified atom stereocenters. The molecule has 0 aromatic carbocycles. The Morgan fingerprint density at radius 2 is 2.30 bits per heavy atom. The summed E-state index contributed by atoms with van der Waals surface area (Å²) in [5.74, 6) is 1.16. The summed E-state index contributed by atoms with van der Waals surface area (Å²) >= 11 is 0. The molecule has 2 N–H and O–H groups in total. The van der Waals surface area contributed by atoms with E-state index in [1.54, 1.807) is 10.9 Å². The fraction of sp³-hybridized carbons (Fsp3) is 0.538. The van der Waals surface area contributed by atoms with E-state index < -0.39 is 0 Å². The first-order valence-electron chi connectivity index (χ1n) is 6.74. The zero-order valence-corrected chi connectivity index (χ0v) is 11.5. The van der Waals surface area contributed by atoms with Gasteiger partial charge in [0.2, 0.25) is 0 Å². The number of nitrogens with zero attached hydrogens (tertiary/aromatic N) is 6. The summed E-state index contributed by atoms with van der Waals surface area (Å²) in [6.07, 6.45) is 4.59. The van der Waals surface area contributed by atoms with Crippen molar-refractivity contribution in [2.45, 2.75) is 31.8 Å². The Kier molecular flexibility index (Phi) is 3.24. The predicted octanol–water partition coefficient (Wildman–Crippen LogP) is 0.824. The molecule has 1 aliphatic rings. The summed E-state index contributed by atoms with van der Waals surface area (Å²) < 4.78 is 1.70. The van der Waals surface area contributed by atoms with Gasteiger partial charge in [0.25, 0.3) is 0 Å². The molecule has 20 heavy (non-hydrogen) atoms. The van der Waals surface area contributed by atoms with Crippen LogP contribution in [-0.4, -0.2) is 37.2 Å². The van der Waals surface area contributed by atoms with Crippen LogP contribution in [-0.2, 0) is 13.6 Å². The summed E-state index contributed by atoms with van der Waals surface area (Å²) in [6, 6.07) is 2.76. The van der Waals surface area contributed by atoms with Gasteiger partial charge < -0.3 is 5.73 Å². The largest absolute Gasteiger partial charge is 0.383 e. The second kappa shape index (κ2) is 5.06. The number of nitriles is 1. The molecule has 0 atom stereocenters. The van der Waals surface area contributed by atoms with Crippen LogP contribution in [0.5, 0.6) is 0 Å². The van der Waals surface area contributed by atoms with E-state index >= 15 is 0 Å². The first-order chi connectivity index (χ1) is 9.69. The highest BCUT2D eigenvalue weighted by atomic mass is 15.3. The predicted molar refractivity (Wildman–Crippen MR) is 74.4 cm³/mol. The summed E-state index contributed by atoms with van der Waals surface area (Å²) in [7, 11) is 1.84. The molecule has 0 saturated heterocycles. The topological polar surface area (TPSA) is 96.7 Å². The van der Waals surface area contributed by atoms with Crippen molar-refractivity contribution in [3.05, 3.63) is 12.0 Å². The summed E-state index contributed by atoms with van der Waals surface area (Å²) in [6.45, 7) is 1.39. The van der Waals surface area contributed by atoms with Crippen molar-refractivity contribution in [2.75, 3.05) is 12.3 Å². The van der Waals surface area contributed by atoms with Crippen LogP contribution >= 0.6 is 0 Å². The lowest BCUT2D eigenvalue weighted by molar-refractivity contribution is 0.254. The van der Waals surface area contributed by atoms with Gasteiger partial charge in [-0.2, -0.15) is 10.4 Å². The van der Waals surface area contributed by atoms with E-state index in [4.69, 9.17) is 11.0 Å². The van der Waals surface area contributed by atoms with Gasteiger partial charge in [-0.25, -0.2) is 9.97 Å². The molecule has 104 valence electrons. The number of rotatable bonds is 5. The number of nitrogens with two attached hydrogens (primary N) is 1. The standard InChI is InChI=1S/C13H17N7/c1-19-13-10(7-16-19)12(15)17-11(18-13)8-20(6-2-5-14)9-3-4-9/h7,9H,2-4,6,8H2,1H3,(H2,15,17,18). The van der Waals surface area contributed by atoms with E-state index in [1.165, 1.54) is 12.8 Å². The molecule has 2 aromatic rings. The van der Waals surface area contributed by atoms with Crippen molar-refractivity contribution in [1.82, 2.24) is 24.6 Å². The molecule has 3 rings (SSSR count). The van der Waals surface area contributed by atoms with Crippen LogP contribution in [0.3, 0.4) is 0 Å². The smallest absolute Gasteiger partial charge is 0.163 e. The van der Waals surface area contributed by atoms with Gasteiger partial charge in [-0.1, -0.05) is 0 Å². The molecule has 1 saturated carbocycles. The normalized spacial score (nSPS) is 14.8. The molecule has 0 bridgehead atoms. The van der Waals surface area contributed by atoms with Crippen molar-refractivity contribution < 1.29 is 0 Å². The SMILES string of the molecule is Cn1ncc2c(N)nc(CN(CCC#N)C3CC3)nc21. The molecule has 0 spiro atoms. The van der Waals surface area contributed by atoms with E-state index in [2.05, 4.69) is 26.0 Å². The minimum atomic E-state index is 0.467. The Morgan fingerprint density at radius 1 is 1.50 bits per heavy atom. The Balaban J connectivity index is 1.85. The van der Waals surface area contributed by atoms with E-state index in [0.29, 0.717) is 30.6 Å². The Hall–Kier alpha value is -2.20. The van der Waals surface area contributed by atoms with E-state index in [9.17, 15) is 0 Å². The zero-order chi connectivity index (χ0) is 14.1. The first kappa shape index (κ1) is 12.8. The van der Waals surface area contributed by atoms with Gasteiger partial charge in [-0.3, -0.25) is 9.58 Å². The zero-order valence-electron chi connectivity index (χ0n) is 11.5. The third kappa shape index (κ3) is 2.42. The van der Waals surface area contributed by atoms with Crippen LogP contribution in [0, 0.1) is 11.3 Å². The van der Waals surface area contributed by atoms with Gasteiger partial charge in [0, 0.05) is 26.1 Å². The quantitative estimate of drug-likeness (QED) is 0.865.